The Kier molecular flexibility index (Phi) is 7.05. The summed E-state index contributed by atoms with van der Waals surface area (Å²) in [5.74, 6) is 0.276. The Balaban J connectivity index is 1.14. The van der Waals surface area contributed by atoms with E-state index in [1.54, 1.807) is 6.07 Å². The van der Waals surface area contributed by atoms with Crippen LogP contribution in [0, 0.1) is 19.7 Å². The number of H-pyrrole nitrogens is 1. The molecule has 2 amide bonds. The van der Waals surface area contributed by atoms with Gasteiger partial charge in [0, 0.05) is 35.0 Å². The van der Waals surface area contributed by atoms with Crippen molar-refractivity contribution in [2.45, 2.75) is 39.0 Å². The number of urea groups is 1. The summed E-state index contributed by atoms with van der Waals surface area (Å²) >= 11 is 0. The number of carbonyl (C=O) groups is 1. The molecule has 1 saturated heterocycles. The molecule has 0 atom stereocenters. The molecule has 0 bridgehead atoms. The van der Waals surface area contributed by atoms with Gasteiger partial charge in [-0.05, 0) is 111 Å². The highest BCUT2D eigenvalue weighted by molar-refractivity contribution is 5.99. The summed E-state index contributed by atoms with van der Waals surface area (Å²) in [7, 11) is 0. The second-order valence-corrected chi connectivity index (χ2v) is 9.89. The van der Waals surface area contributed by atoms with Gasteiger partial charge < -0.3 is 20.5 Å². The van der Waals surface area contributed by atoms with Crippen LogP contribution in [0.1, 0.15) is 41.0 Å². The Hall–Kier alpha value is -3.64. The van der Waals surface area contributed by atoms with Crippen molar-refractivity contribution in [3.63, 3.8) is 0 Å². The lowest BCUT2D eigenvalue weighted by atomic mass is 9.89. The number of rotatable bonds is 6. The van der Waals surface area contributed by atoms with Gasteiger partial charge in [0.05, 0.1) is 0 Å². The maximum Gasteiger partial charge on any atom is 0.323 e. The van der Waals surface area contributed by atoms with Crippen molar-refractivity contribution in [3.8, 4) is 0 Å². The molecule has 4 aromatic rings. The van der Waals surface area contributed by atoms with Crippen molar-refractivity contribution < 1.29 is 9.18 Å². The minimum atomic E-state index is -0.243. The van der Waals surface area contributed by atoms with Crippen molar-refractivity contribution in [1.29, 1.82) is 0 Å². The summed E-state index contributed by atoms with van der Waals surface area (Å²) in [6, 6.07) is 18.6. The molecule has 6 heteroatoms. The number of piperidine rings is 1. The molecule has 1 aliphatic heterocycles. The summed E-state index contributed by atoms with van der Waals surface area (Å²) < 4.78 is 13.8. The normalized spacial score (nSPS) is 14.8. The minimum Gasteiger partial charge on any atom is -0.361 e. The fourth-order valence-electron chi connectivity index (χ4n) is 5.15. The van der Waals surface area contributed by atoms with Crippen LogP contribution in [0.25, 0.3) is 10.9 Å². The van der Waals surface area contributed by atoms with Gasteiger partial charge in [-0.1, -0.05) is 23.8 Å². The average molecular weight is 485 g/mol. The number of halogens is 1. The van der Waals surface area contributed by atoms with Gasteiger partial charge in [-0.3, -0.25) is 0 Å². The number of nitrogens with one attached hydrogen (secondary N) is 3. The smallest absolute Gasteiger partial charge is 0.323 e. The third-order valence-electron chi connectivity index (χ3n) is 7.32. The Morgan fingerprint density at radius 1 is 0.972 bits per heavy atom. The van der Waals surface area contributed by atoms with Crippen LogP contribution in [0.4, 0.5) is 20.6 Å². The Labute approximate surface area is 211 Å². The zero-order valence-electron chi connectivity index (χ0n) is 20.9. The molecule has 5 nitrogen and oxygen atoms in total. The molecular weight excluding hydrogens is 451 g/mol. The van der Waals surface area contributed by atoms with Gasteiger partial charge in [0.1, 0.15) is 5.82 Å². The lowest BCUT2D eigenvalue weighted by molar-refractivity contribution is 0.215. The lowest BCUT2D eigenvalue weighted by Crippen LogP contribution is -2.34. The van der Waals surface area contributed by atoms with Crippen molar-refractivity contribution in [2.75, 3.05) is 30.3 Å². The largest absolute Gasteiger partial charge is 0.361 e. The first kappa shape index (κ1) is 24.1. The number of benzene rings is 3. The SMILES string of the molecule is Cc1ccc(NC(=O)Nc2ccc(C)c(CCN3CCC(c4c[nH]c5ccc(F)cc45)CC3)c2)cc1. The molecule has 36 heavy (non-hydrogen) atoms. The molecule has 3 N–H and O–H groups in total. The number of aromatic amines is 1. The molecule has 5 rings (SSSR count). The van der Waals surface area contributed by atoms with Crippen molar-refractivity contribution in [3.05, 3.63) is 94.9 Å². The highest BCUT2D eigenvalue weighted by atomic mass is 19.1. The van der Waals surface area contributed by atoms with Gasteiger partial charge >= 0.3 is 6.03 Å². The standard InChI is InChI=1S/C30H33FN4O/c1-20-3-7-25(8-4-20)33-30(36)34-26-9-5-21(2)23(17-26)13-16-35-14-11-22(12-15-35)28-19-32-29-10-6-24(31)18-27(28)29/h3-10,17-19,22,32H,11-16H2,1-2H3,(H2,33,34,36). The molecule has 1 aliphatic rings. The molecule has 186 valence electrons. The van der Waals surface area contributed by atoms with Crippen molar-refractivity contribution in [2.24, 2.45) is 0 Å². The van der Waals surface area contributed by atoms with Crippen LogP contribution in [-0.4, -0.2) is 35.5 Å². The number of aryl methyl sites for hydroxylation is 2. The maximum absolute atomic E-state index is 13.8. The zero-order chi connectivity index (χ0) is 25.1. The number of aromatic nitrogens is 1. The molecular formula is C30H33FN4O. The maximum atomic E-state index is 13.8. The van der Waals surface area contributed by atoms with Gasteiger partial charge in [0.25, 0.3) is 0 Å². The highest BCUT2D eigenvalue weighted by Crippen LogP contribution is 2.33. The molecule has 0 spiro atoms. The monoisotopic (exact) mass is 484 g/mol. The van der Waals surface area contributed by atoms with Crippen molar-refractivity contribution >= 4 is 28.3 Å². The molecule has 0 saturated carbocycles. The van der Waals surface area contributed by atoms with Crippen LogP contribution in [0.15, 0.2) is 66.9 Å². The van der Waals surface area contributed by atoms with E-state index in [1.807, 2.05) is 43.3 Å². The molecule has 0 unspecified atom stereocenters. The predicted octanol–water partition coefficient (Wildman–Crippen LogP) is 6.99. The number of nitrogens with zero attached hydrogens (tertiary/aromatic N) is 1. The average Bonchev–Trinajstić information content (AvgIpc) is 3.29. The molecule has 0 radical (unpaired) electrons. The van der Waals surface area contributed by atoms with Crippen molar-refractivity contribution in [1.82, 2.24) is 9.88 Å². The summed E-state index contributed by atoms with van der Waals surface area (Å²) in [6.45, 7) is 7.18. The minimum absolute atomic E-state index is 0.180. The van der Waals surface area contributed by atoms with E-state index in [9.17, 15) is 9.18 Å². The number of hydrogen-bond donors (Lipinski definition) is 3. The first-order chi connectivity index (χ1) is 17.4. The zero-order valence-corrected chi connectivity index (χ0v) is 20.9. The highest BCUT2D eigenvalue weighted by Gasteiger charge is 2.23. The van der Waals surface area contributed by atoms with Gasteiger partial charge in [0.15, 0.2) is 0 Å². The third-order valence-corrected chi connectivity index (χ3v) is 7.32. The topological polar surface area (TPSA) is 60.2 Å². The number of carbonyl (C=O) groups excluding carboxylic acids is 1. The molecule has 0 aliphatic carbocycles. The number of likely N-dealkylation sites (tertiary alicyclic amines) is 1. The van der Waals surface area contributed by atoms with Gasteiger partial charge in [-0.2, -0.15) is 0 Å². The molecule has 1 fully saturated rings. The third kappa shape index (κ3) is 5.60. The summed E-state index contributed by atoms with van der Waals surface area (Å²) in [5, 5.41) is 6.85. The van der Waals surface area contributed by atoms with E-state index in [1.165, 1.54) is 22.8 Å². The fraction of sp³-hybridized carbons (Fsp3) is 0.300. The molecule has 2 heterocycles. The summed E-state index contributed by atoms with van der Waals surface area (Å²) in [6.07, 6.45) is 5.14. The van der Waals surface area contributed by atoms with E-state index in [-0.39, 0.29) is 11.8 Å². The Bertz CT molecular complexity index is 1350. The second-order valence-electron chi connectivity index (χ2n) is 9.89. The van der Waals surface area contributed by atoms with E-state index >= 15 is 0 Å². The number of amides is 2. The van der Waals surface area contributed by atoms with Crippen LogP contribution < -0.4 is 10.6 Å². The quantitative estimate of drug-likeness (QED) is 0.276. The fourth-order valence-corrected chi connectivity index (χ4v) is 5.15. The number of anilines is 2. The summed E-state index contributed by atoms with van der Waals surface area (Å²) in [5.41, 5.74) is 7.44. The first-order valence-electron chi connectivity index (χ1n) is 12.7. The Morgan fingerprint density at radius 2 is 1.69 bits per heavy atom. The number of hydrogen-bond acceptors (Lipinski definition) is 2. The van der Waals surface area contributed by atoms with E-state index in [2.05, 4.69) is 45.8 Å². The molecule has 3 aromatic carbocycles. The van der Waals surface area contributed by atoms with Crippen LogP contribution in [0.5, 0.6) is 0 Å². The van der Waals surface area contributed by atoms with E-state index in [4.69, 9.17) is 0 Å². The van der Waals surface area contributed by atoms with Gasteiger partial charge in [-0.15, -0.1) is 0 Å². The Morgan fingerprint density at radius 3 is 2.47 bits per heavy atom. The van der Waals surface area contributed by atoms with E-state index in [0.29, 0.717) is 5.92 Å². The van der Waals surface area contributed by atoms with E-state index in [0.717, 1.165) is 66.7 Å². The second kappa shape index (κ2) is 10.5. The predicted molar refractivity (Wildman–Crippen MR) is 145 cm³/mol. The lowest BCUT2D eigenvalue weighted by Gasteiger charge is -2.32. The van der Waals surface area contributed by atoms with Crippen LogP contribution in [-0.2, 0) is 6.42 Å². The van der Waals surface area contributed by atoms with Gasteiger partial charge in [0.2, 0.25) is 0 Å². The van der Waals surface area contributed by atoms with Crippen LogP contribution in [0.2, 0.25) is 0 Å². The first-order valence-corrected chi connectivity index (χ1v) is 12.7. The van der Waals surface area contributed by atoms with Gasteiger partial charge in [-0.25, -0.2) is 9.18 Å². The van der Waals surface area contributed by atoms with Crippen LogP contribution >= 0.6 is 0 Å². The number of fused-ring (bicyclic) bond motifs is 1. The van der Waals surface area contributed by atoms with E-state index < -0.39 is 0 Å². The van der Waals surface area contributed by atoms with Crippen LogP contribution in [0.3, 0.4) is 0 Å². The molecule has 1 aromatic heterocycles. The summed E-state index contributed by atoms with van der Waals surface area (Å²) in [4.78, 5) is 18.2.